The van der Waals surface area contributed by atoms with Crippen molar-refractivity contribution in [3.05, 3.63) is 47.0 Å². The fourth-order valence-electron chi connectivity index (χ4n) is 1.94. The van der Waals surface area contributed by atoms with E-state index in [4.69, 9.17) is 26.2 Å². The van der Waals surface area contributed by atoms with Crippen LogP contribution in [0.25, 0.3) is 11.1 Å². The number of benzene rings is 2. The lowest BCUT2D eigenvalue weighted by Crippen LogP contribution is -1.97. The van der Waals surface area contributed by atoms with Gasteiger partial charge in [-0.25, -0.2) is 4.79 Å². The van der Waals surface area contributed by atoms with Crippen molar-refractivity contribution in [2.75, 3.05) is 6.79 Å². The van der Waals surface area contributed by atoms with Crippen LogP contribution >= 0.6 is 11.6 Å². The molecule has 0 spiro atoms. The SMILES string of the molecule is O=C(O)c1ccc(-c2ccc3c(c2)OCO3)cc1Cl. The molecular formula is C14H9ClO4. The molecule has 0 saturated heterocycles. The molecule has 0 fully saturated rings. The maximum absolute atomic E-state index is 10.9. The summed E-state index contributed by atoms with van der Waals surface area (Å²) in [6.07, 6.45) is 0. The van der Waals surface area contributed by atoms with Gasteiger partial charge in [-0.2, -0.15) is 0 Å². The molecule has 1 aliphatic heterocycles. The Hall–Kier alpha value is -2.20. The molecule has 0 aromatic heterocycles. The number of aromatic carboxylic acids is 1. The molecule has 5 heteroatoms. The van der Waals surface area contributed by atoms with Gasteiger partial charge < -0.3 is 14.6 Å². The Balaban J connectivity index is 2.03. The van der Waals surface area contributed by atoms with Gasteiger partial charge in [0.1, 0.15) is 0 Å². The zero-order chi connectivity index (χ0) is 13.4. The van der Waals surface area contributed by atoms with Crippen LogP contribution in [0.5, 0.6) is 11.5 Å². The van der Waals surface area contributed by atoms with Crippen molar-refractivity contribution in [3.8, 4) is 22.6 Å². The molecule has 3 rings (SSSR count). The number of carboxylic acid groups (broad SMARTS) is 1. The predicted octanol–water partition coefficient (Wildman–Crippen LogP) is 3.43. The monoisotopic (exact) mass is 276 g/mol. The fourth-order valence-corrected chi connectivity index (χ4v) is 2.21. The molecule has 19 heavy (non-hydrogen) atoms. The van der Waals surface area contributed by atoms with E-state index in [0.717, 1.165) is 11.1 Å². The first-order valence-corrected chi connectivity index (χ1v) is 5.96. The number of carboxylic acids is 1. The zero-order valence-corrected chi connectivity index (χ0v) is 10.5. The minimum absolute atomic E-state index is 0.0890. The summed E-state index contributed by atoms with van der Waals surface area (Å²) in [5.41, 5.74) is 1.81. The van der Waals surface area contributed by atoms with Gasteiger partial charge in [0.25, 0.3) is 0 Å². The van der Waals surface area contributed by atoms with Crippen LogP contribution in [-0.2, 0) is 0 Å². The first-order valence-electron chi connectivity index (χ1n) is 5.58. The van der Waals surface area contributed by atoms with Crippen molar-refractivity contribution in [3.63, 3.8) is 0 Å². The van der Waals surface area contributed by atoms with Crippen LogP contribution in [-0.4, -0.2) is 17.9 Å². The van der Waals surface area contributed by atoms with E-state index in [2.05, 4.69) is 0 Å². The van der Waals surface area contributed by atoms with Gasteiger partial charge >= 0.3 is 5.97 Å². The second-order valence-corrected chi connectivity index (χ2v) is 4.48. The molecule has 0 aliphatic carbocycles. The zero-order valence-electron chi connectivity index (χ0n) is 9.72. The standard InChI is InChI=1S/C14H9ClO4/c15-11-5-8(1-3-10(11)14(16)17)9-2-4-12-13(6-9)19-7-18-12/h1-6H,7H2,(H,16,17). The lowest BCUT2D eigenvalue weighted by atomic mass is 10.0. The number of ether oxygens (including phenoxy) is 2. The second-order valence-electron chi connectivity index (χ2n) is 4.07. The Morgan fingerprint density at radius 2 is 1.74 bits per heavy atom. The second kappa shape index (κ2) is 4.48. The van der Waals surface area contributed by atoms with Gasteiger partial charge in [0.05, 0.1) is 10.6 Å². The Morgan fingerprint density at radius 1 is 1.05 bits per heavy atom. The van der Waals surface area contributed by atoms with Crippen LogP contribution in [0.2, 0.25) is 5.02 Å². The Kier molecular flexibility index (Phi) is 2.80. The third kappa shape index (κ3) is 2.11. The average Bonchev–Trinajstić information content (AvgIpc) is 2.85. The van der Waals surface area contributed by atoms with Gasteiger partial charge in [0.2, 0.25) is 6.79 Å². The molecule has 0 atom stereocenters. The van der Waals surface area contributed by atoms with Crippen molar-refractivity contribution in [1.29, 1.82) is 0 Å². The number of halogens is 1. The summed E-state index contributed by atoms with van der Waals surface area (Å²) in [5.74, 6) is 0.343. The molecule has 0 unspecified atom stereocenters. The summed E-state index contributed by atoms with van der Waals surface area (Å²) >= 11 is 5.95. The highest BCUT2D eigenvalue weighted by molar-refractivity contribution is 6.33. The molecule has 1 heterocycles. The molecule has 4 nitrogen and oxygen atoms in total. The van der Waals surface area contributed by atoms with Crippen LogP contribution < -0.4 is 9.47 Å². The van der Waals surface area contributed by atoms with E-state index in [9.17, 15) is 4.79 Å². The number of carbonyl (C=O) groups is 1. The van der Waals surface area contributed by atoms with Crippen molar-refractivity contribution < 1.29 is 19.4 Å². The summed E-state index contributed by atoms with van der Waals surface area (Å²) in [4.78, 5) is 10.9. The molecule has 1 aliphatic rings. The summed E-state index contributed by atoms with van der Waals surface area (Å²) in [5, 5.41) is 9.14. The summed E-state index contributed by atoms with van der Waals surface area (Å²) in [6.45, 7) is 0.220. The van der Waals surface area contributed by atoms with Crippen molar-refractivity contribution in [1.82, 2.24) is 0 Å². The first-order chi connectivity index (χ1) is 9.15. The van der Waals surface area contributed by atoms with E-state index < -0.39 is 5.97 Å². The topological polar surface area (TPSA) is 55.8 Å². The fraction of sp³-hybridized carbons (Fsp3) is 0.0714. The lowest BCUT2D eigenvalue weighted by Gasteiger charge is -2.05. The first kappa shape index (κ1) is 11.9. The van der Waals surface area contributed by atoms with Crippen LogP contribution in [0.1, 0.15) is 10.4 Å². The molecule has 0 radical (unpaired) electrons. The van der Waals surface area contributed by atoms with E-state index in [-0.39, 0.29) is 17.4 Å². The molecular weight excluding hydrogens is 268 g/mol. The van der Waals surface area contributed by atoms with E-state index in [1.165, 1.54) is 6.07 Å². The predicted molar refractivity (Wildman–Crippen MR) is 70.0 cm³/mol. The molecule has 96 valence electrons. The quantitative estimate of drug-likeness (QED) is 0.913. The Morgan fingerprint density at radius 3 is 2.47 bits per heavy atom. The highest BCUT2D eigenvalue weighted by Crippen LogP contribution is 2.36. The minimum Gasteiger partial charge on any atom is -0.478 e. The van der Waals surface area contributed by atoms with Gasteiger partial charge in [-0.1, -0.05) is 23.7 Å². The molecule has 1 N–H and O–H groups in total. The van der Waals surface area contributed by atoms with Gasteiger partial charge in [-0.3, -0.25) is 0 Å². The van der Waals surface area contributed by atoms with Crippen molar-refractivity contribution >= 4 is 17.6 Å². The smallest absolute Gasteiger partial charge is 0.337 e. The van der Waals surface area contributed by atoms with Crippen LogP contribution in [0, 0.1) is 0 Å². The normalized spacial score (nSPS) is 12.5. The third-order valence-electron chi connectivity index (χ3n) is 2.91. The van der Waals surface area contributed by atoms with Crippen LogP contribution in [0.15, 0.2) is 36.4 Å². The number of hydrogen-bond acceptors (Lipinski definition) is 3. The summed E-state index contributed by atoms with van der Waals surface area (Å²) in [7, 11) is 0. The van der Waals surface area contributed by atoms with Gasteiger partial charge in [-0.15, -0.1) is 0 Å². The van der Waals surface area contributed by atoms with E-state index >= 15 is 0 Å². The molecule has 0 amide bonds. The van der Waals surface area contributed by atoms with Gasteiger partial charge in [0.15, 0.2) is 11.5 Å². The summed E-state index contributed by atoms with van der Waals surface area (Å²) < 4.78 is 10.5. The van der Waals surface area contributed by atoms with Crippen molar-refractivity contribution in [2.45, 2.75) is 0 Å². The average molecular weight is 277 g/mol. The minimum atomic E-state index is -1.04. The van der Waals surface area contributed by atoms with E-state index in [1.807, 2.05) is 18.2 Å². The number of hydrogen-bond donors (Lipinski definition) is 1. The third-order valence-corrected chi connectivity index (χ3v) is 3.22. The maximum atomic E-state index is 10.9. The van der Waals surface area contributed by atoms with E-state index in [0.29, 0.717) is 11.5 Å². The number of rotatable bonds is 2. The highest BCUT2D eigenvalue weighted by atomic mass is 35.5. The maximum Gasteiger partial charge on any atom is 0.337 e. The van der Waals surface area contributed by atoms with Gasteiger partial charge in [-0.05, 0) is 35.4 Å². The molecule has 0 saturated carbocycles. The lowest BCUT2D eigenvalue weighted by molar-refractivity contribution is 0.0697. The Bertz CT molecular complexity index is 666. The van der Waals surface area contributed by atoms with Crippen molar-refractivity contribution in [2.24, 2.45) is 0 Å². The highest BCUT2D eigenvalue weighted by Gasteiger charge is 2.15. The molecule has 2 aromatic rings. The largest absolute Gasteiger partial charge is 0.478 e. The Labute approximate surface area is 114 Å². The van der Waals surface area contributed by atoms with Crippen LogP contribution in [0.4, 0.5) is 0 Å². The van der Waals surface area contributed by atoms with Gasteiger partial charge in [0, 0.05) is 0 Å². The number of fused-ring (bicyclic) bond motifs is 1. The van der Waals surface area contributed by atoms with E-state index in [1.54, 1.807) is 12.1 Å². The molecule has 0 bridgehead atoms. The summed E-state index contributed by atoms with van der Waals surface area (Å²) in [6, 6.07) is 10.4. The molecule has 2 aromatic carbocycles. The van der Waals surface area contributed by atoms with Crippen LogP contribution in [0.3, 0.4) is 0 Å².